The standard InChI is InChI=1S/C9H20O3S/c1-3-5-6-7-8-12-13(10,11)9-4-2/h3-9H2,1-2H3. The highest BCUT2D eigenvalue weighted by Gasteiger charge is 2.07. The lowest BCUT2D eigenvalue weighted by molar-refractivity contribution is 0.307. The molecule has 0 heterocycles. The summed E-state index contributed by atoms with van der Waals surface area (Å²) >= 11 is 0. The molecule has 0 aromatic heterocycles. The van der Waals surface area contributed by atoms with Crippen LogP contribution in [0.25, 0.3) is 0 Å². The molecule has 13 heavy (non-hydrogen) atoms. The van der Waals surface area contributed by atoms with Crippen LogP contribution < -0.4 is 0 Å². The molecule has 80 valence electrons. The maximum Gasteiger partial charge on any atom is 0.267 e. The highest BCUT2D eigenvalue weighted by molar-refractivity contribution is 7.86. The van der Waals surface area contributed by atoms with E-state index in [1.54, 1.807) is 0 Å². The highest BCUT2D eigenvalue weighted by atomic mass is 32.2. The molecule has 0 radical (unpaired) electrons. The maximum atomic E-state index is 11.0. The molecule has 0 aliphatic heterocycles. The van der Waals surface area contributed by atoms with Crippen molar-refractivity contribution in [3.63, 3.8) is 0 Å². The Kier molecular flexibility index (Phi) is 7.28. The van der Waals surface area contributed by atoms with Crippen LogP contribution in [0, 0.1) is 0 Å². The van der Waals surface area contributed by atoms with E-state index >= 15 is 0 Å². The van der Waals surface area contributed by atoms with E-state index in [1.807, 2.05) is 6.92 Å². The molecular formula is C9H20O3S. The normalized spacial score (nSPS) is 11.8. The predicted octanol–water partition coefficient (Wildman–Crippen LogP) is 2.32. The maximum absolute atomic E-state index is 11.0. The van der Waals surface area contributed by atoms with Gasteiger partial charge in [0.25, 0.3) is 10.1 Å². The second-order valence-electron chi connectivity index (χ2n) is 3.14. The summed E-state index contributed by atoms with van der Waals surface area (Å²) in [5.74, 6) is 0.140. The van der Waals surface area contributed by atoms with E-state index < -0.39 is 10.1 Å². The molecule has 0 saturated heterocycles. The van der Waals surface area contributed by atoms with Gasteiger partial charge in [-0.3, -0.25) is 4.18 Å². The van der Waals surface area contributed by atoms with E-state index in [0.29, 0.717) is 13.0 Å². The summed E-state index contributed by atoms with van der Waals surface area (Å²) in [5.41, 5.74) is 0. The first-order valence-corrected chi connectivity index (χ1v) is 6.57. The summed E-state index contributed by atoms with van der Waals surface area (Å²) in [4.78, 5) is 0. The van der Waals surface area contributed by atoms with Crippen LogP contribution in [0.1, 0.15) is 46.0 Å². The van der Waals surface area contributed by atoms with Gasteiger partial charge in [-0.25, -0.2) is 0 Å². The molecule has 4 heteroatoms. The zero-order chi connectivity index (χ0) is 10.2. The van der Waals surface area contributed by atoms with Crippen molar-refractivity contribution in [2.24, 2.45) is 0 Å². The molecule has 0 aliphatic carbocycles. The van der Waals surface area contributed by atoms with Crippen LogP contribution in [0.2, 0.25) is 0 Å². The summed E-state index contributed by atoms with van der Waals surface area (Å²) in [6.07, 6.45) is 4.82. The Labute approximate surface area is 81.6 Å². The molecule has 0 aromatic carbocycles. The lowest BCUT2D eigenvalue weighted by atomic mass is 10.2. The van der Waals surface area contributed by atoms with E-state index in [-0.39, 0.29) is 5.75 Å². The number of unbranched alkanes of at least 4 members (excludes halogenated alkanes) is 3. The lowest BCUT2D eigenvalue weighted by Gasteiger charge is -2.03. The first kappa shape index (κ1) is 12.9. The minimum absolute atomic E-state index is 0.140. The van der Waals surface area contributed by atoms with Crippen molar-refractivity contribution >= 4 is 10.1 Å². The fourth-order valence-electron chi connectivity index (χ4n) is 1.02. The Balaban J connectivity index is 3.41. The summed E-state index contributed by atoms with van der Waals surface area (Å²) < 4.78 is 26.9. The van der Waals surface area contributed by atoms with E-state index in [4.69, 9.17) is 4.18 Å². The van der Waals surface area contributed by atoms with Crippen molar-refractivity contribution < 1.29 is 12.6 Å². The number of hydrogen-bond acceptors (Lipinski definition) is 3. The molecular weight excluding hydrogens is 188 g/mol. The van der Waals surface area contributed by atoms with Crippen LogP contribution in [0.5, 0.6) is 0 Å². The van der Waals surface area contributed by atoms with Crippen LogP contribution in [-0.2, 0) is 14.3 Å². The first-order chi connectivity index (χ1) is 6.12. The van der Waals surface area contributed by atoms with Gasteiger partial charge in [0.15, 0.2) is 0 Å². The van der Waals surface area contributed by atoms with Gasteiger partial charge in [0.2, 0.25) is 0 Å². The summed E-state index contributed by atoms with van der Waals surface area (Å²) in [7, 11) is -3.22. The van der Waals surface area contributed by atoms with E-state index in [2.05, 4.69) is 6.92 Å². The number of hydrogen-bond donors (Lipinski definition) is 0. The second kappa shape index (κ2) is 7.33. The smallest absolute Gasteiger partial charge is 0.267 e. The van der Waals surface area contributed by atoms with Crippen molar-refractivity contribution in [1.82, 2.24) is 0 Å². The van der Waals surface area contributed by atoms with Gasteiger partial charge in [0.1, 0.15) is 0 Å². The van der Waals surface area contributed by atoms with Crippen LogP contribution in [0.3, 0.4) is 0 Å². The van der Waals surface area contributed by atoms with Crippen LogP contribution in [0.4, 0.5) is 0 Å². The highest BCUT2D eigenvalue weighted by Crippen LogP contribution is 2.02. The van der Waals surface area contributed by atoms with Crippen molar-refractivity contribution in [2.45, 2.75) is 46.0 Å². The van der Waals surface area contributed by atoms with Gasteiger partial charge in [-0.2, -0.15) is 8.42 Å². The third kappa shape index (κ3) is 8.25. The minimum atomic E-state index is -3.22. The predicted molar refractivity (Wildman–Crippen MR) is 54.2 cm³/mol. The Hall–Kier alpha value is -0.0900. The molecule has 0 bridgehead atoms. The van der Waals surface area contributed by atoms with E-state index in [1.165, 1.54) is 0 Å². The Bertz CT molecular complexity index is 197. The fourth-order valence-corrected chi connectivity index (χ4v) is 2.01. The van der Waals surface area contributed by atoms with E-state index in [9.17, 15) is 8.42 Å². The van der Waals surface area contributed by atoms with Gasteiger partial charge < -0.3 is 0 Å². The van der Waals surface area contributed by atoms with Crippen molar-refractivity contribution in [2.75, 3.05) is 12.4 Å². The van der Waals surface area contributed by atoms with Crippen LogP contribution >= 0.6 is 0 Å². The molecule has 0 N–H and O–H groups in total. The minimum Gasteiger partial charge on any atom is -0.270 e. The molecule has 0 rings (SSSR count). The average molecular weight is 208 g/mol. The van der Waals surface area contributed by atoms with Gasteiger partial charge in [-0.15, -0.1) is 0 Å². The molecule has 3 nitrogen and oxygen atoms in total. The third-order valence-electron chi connectivity index (χ3n) is 1.71. The molecule has 0 atom stereocenters. The van der Waals surface area contributed by atoms with Crippen molar-refractivity contribution in [1.29, 1.82) is 0 Å². The first-order valence-electron chi connectivity index (χ1n) is 4.99. The van der Waals surface area contributed by atoms with Gasteiger partial charge in [-0.1, -0.05) is 33.1 Å². The summed E-state index contributed by atoms with van der Waals surface area (Å²) in [6, 6.07) is 0. The Morgan fingerprint density at radius 1 is 1.00 bits per heavy atom. The van der Waals surface area contributed by atoms with Crippen molar-refractivity contribution in [3.8, 4) is 0 Å². The molecule has 0 unspecified atom stereocenters. The molecule has 0 aromatic rings. The summed E-state index contributed by atoms with van der Waals surface area (Å²) in [6.45, 7) is 4.30. The third-order valence-corrected chi connectivity index (χ3v) is 3.15. The largest absolute Gasteiger partial charge is 0.270 e. The molecule has 0 aliphatic rings. The van der Waals surface area contributed by atoms with Gasteiger partial charge in [-0.05, 0) is 12.8 Å². The topological polar surface area (TPSA) is 43.4 Å². The van der Waals surface area contributed by atoms with Gasteiger partial charge in [0.05, 0.1) is 12.4 Å². The summed E-state index contributed by atoms with van der Waals surface area (Å²) in [5, 5.41) is 0. The zero-order valence-corrected chi connectivity index (χ0v) is 9.40. The quantitative estimate of drug-likeness (QED) is 0.454. The number of rotatable bonds is 8. The monoisotopic (exact) mass is 208 g/mol. The molecule has 0 spiro atoms. The molecule has 0 amide bonds. The van der Waals surface area contributed by atoms with Crippen LogP contribution in [-0.4, -0.2) is 20.8 Å². The average Bonchev–Trinajstić information content (AvgIpc) is 2.04. The van der Waals surface area contributed by atoms with Crippen molar-refractivity contribution in [3.05, 3.63) is 0 Å². The molecule has 0 saturated carbocycles. The second-order valence-corrected chi connectivity index (χ2v) is 4.90. The van der Waals surface area contributed by atoms with Gasteiger partial charge >= 0.3 is 0 Å². The van der Waals surface area contributed by atoms with E-state index in [0.717, 1.165) is 25.7 Å². The Morgan fingerprint density at radius 2 is 1.69 bits per heavy atom. The Morgan fingerprint density at radius 3 is 2.23 bits per heavy atom. The lowest BCUT2D eigenvalue weighted by Crippen LogP contribution is -2.10. The van der Waals surface area contributed by atoms with Crippen LogP contribution in [0.15, 0.2) is 0 Å². The van der Waals surface area contributed by atoms with Gasteiger partial charge in [0, 0.05) is 0 Å². The fraction of sp³-hybridized carbons (Fsp3) is 1.00. The SMILES string of the molecule is CCCCCCOS(=O)(=O)CCC. The zero-order valence-electron chi connectivity index (χ0n) is 8.58. The molecule has 0 fully saturated rings.